The van der Waals surface area contributed by atoms with Crippen LogP contribution in [0.5, 0.6) is 0 Å². The van der Waals surface area contributed by atoms with Crippen molar-refractivity contribution in [2.45, 2.75) is 36.7 Å². The minimum atomic E-state index is -3.31. The largest absolute Gasteiger partial charge is 0.331 e. The molecule has 0 atom stereocenters. The molecule has 1 amide bonds. The Morgan fingerprint density at radius 1 is 1.03 bits per heavy atom. The van der Waals surface area contributed by atoms with Crippen molar-refractivity contribution in [1.82, 2.24) is 14.8 Å². The van der Waals surface area contributed by atoms with Gasteiger partial charge in [-0.05, 0) is 72.9 Å². The predicted octanol–water partition coefficient (Wildman–Crippen LogP) is 4.49. The van der Waals surface area contributed by atoms with E-state index in [9.17, 15) is 13.2 Å². The number of nitrogens with zero attached hydrogens (tertiary/aromatic N) is 3. The number of amides is 1. The fourth-order valence-electron chi connectivity index (χ4n) is 4.46. The number of halogens is 1. The molecule has 3 aromatic rings. The molecule has 0 saturated carbocycles. The van der Waals surface area contributed by atoms with Crippen LogP contribution < -0.4 is 0 Å². The summed E-state index contributed by atoms with van der Waals surface area (Å²) in [4.78, 5) is 22.3. The van der Waals surface area contributed by atoms with Gasteiger partial charge >= 0.3 is 0 Å². The number of benzene rings is 2. The first-order valence-corrected chi connectivity index (χ1v) is 14.0. The highest BCUT2D eigenvalue weighted by Crippen LogP contribution is 2.23. The minimum Gasteiger partial charge on any atom is -0.331 e. The number of carbonyl (C=O) groups is 1. The summed E-state index contributed by atoms with van der Waals surface area (Å²) < 4.78 is 23.6. The summed E-state index contributed by atoms with van der Waals surface area (Å²) in [7, 11) is -3.31. The number of rotatable bonds is 8. The van der Waals surface area contributed by atoms with Crippen LogP contribution in [0.2, 0.25) is 5.02 Å². The van der Waals surface area contributed by atoms with E-state index in [2.05, 4.69) is 22.0 Å². The van der Waals surface area contributed by atoms with E-state index in [4.69, 9.17) is 11.6 Å². The molecule has 8 heteroatoms. The van der Waals surface area contributed by atoms with Crippen LogP contribution in [0.15, 0.2) is 78.0 Å². The zero-order valence-corrected chi connectivity index (χ0v) is 21.4. The molecule has 1 fully saturated rings. The van der Waals surface area contributed by atoms with Gasteiger partial charge in [0, 0.05) is 61.5 Å². The summed E-state index contributed by atoms with van der Waals surface area (Å²) in [6, 6.07) is 18.2. The molecule has 184 valence electrons. The lowest BCUT2D eigenvalue weighted by Crippen LogP contribution is -2.47. The van der Waals surface area contributed by atoms with Gasteiger partial charge in [0.05, 0.1) is 4.90 Å². The van der Waals surface area contributed by atoms with Crippen LogP contribution >= 0.6 is 11.6 Å². The third-order valence-corrected chi connectivity index (χ3v) is 7.87. The van der Waals surface area contributed by atoms with Gasteiger partial charge in [-0.2, -0.15) is 0 Å². The molecule has 0 unspecified atom stereocenters. The van der Waals surface area contributed by atoms with E-state index in [1.807, 2.05) is 29.2 Å². The van der Waals surface area contributed by atoms with Crippen LogP contribution in [-0.2, 0) is 22.8 Å². The molecule has 1 saturated heterocycles. The lowest BCUT2D eigenvalue weighted by Gasteiger charge is -2.38. The average Bonchev–Trinajstić information content (AvgIpc) is 2.87. The Morgan fingerprint density at radius 3 is 2.31 bits per heavy atom. The third-order valence-electron chi connectivity index (χ3n) is 6.49. The van der Waals surface area contributed by atoms with Crippen LogP contribution in [0.3, 0.4) is 0 Å². The highest BCUT2D eigenvalue weighted by molar-refractivity contribution is 7.90. The Bertz CT molecular complexity index is 1220. The number of sulfone groups is 1. The summed E-state index contributed by atoms with van der Waals surface area (Å²) in [6.07, 6.45) is 7.40. The molecule has 2 aromatic carbocycles. The van der Waals surface area contributed by atoms with Gasteiger partial charge in [0.15, 0.2) is 9.84 Å². The third kappa shape index (κ3) is 6.90. The van der Waals surface area contributed by atoms with Crippen molar-refractivity contribution in [2.24, 2.45) is 0 Å². The van der Waals surface area contributed by atoms with Crippen molar-refractivity contribution in [1.29, 1.82) is 0 Å². The van der Waals surface area contributed by atoms with Gasteiger partial charge < -0.3 is 9.80 Å². The van der Waals surface area contributed by atoms with Crippen molar-refractivity contribution in [3.8, 4) is 0 Å². The van der Waals surface area contributed by atoms with Crippen molar-refractivity contribution in [3.05, 3.63) is 94.8 Å². The smallest absolute Gasteiger partial charge is 0.254 e. The van der Waals surface area contributed by atoms with Crippen LogP contribution in [-0.4, -0.2) is 61.0 Å². The topological polar surface area (TPSA) is 70.6 Å². The summed E-state index contributed by atoms with van der Waals surface area (Å²) in [5.74, 6) is -0.0893. The lowest BCUT2D eigenvalue weighted by atomic mass is 10.0. The Hall–Kier alpha value is -2.74. The van der Waals surface area contributed by atoms with Gasteiger partial charge in [-0.1, -0.05) is 29.8 Å². The van der Waals surface area contributed by atoms with E-state index < -0.39 is 9.84 Å². The molecule has 4 rings (SSSR count). The molecule has 6 nitrogen and oxygen atoms in total. The van der Waals surface area contributed by atoms with E-state index in [1.165, 1.54) is 24.0 Å². The summed E-state index contributed by atoms with van der Waals surface area (Å²) in [5, 5.41) is 0.749. The second-order valence-corrected chi connectivity index (χ2v) is 11.5. The first-order valence-electron chi connectivity index (χ1n) is 11.8. The summed E-state index contributed by atoms with van der Waals surface area (Å²) >= 11 is 5.99. The van der Waals surface area contributed by atoms with Crippen LogP contribution in [0, 0.1) is 0 Å². The second-order valence-electron chi connectivity index (χ2n) is 9.04. The lowest BCUT2D eigenvalue weighted by molar-refractivity contribution is 0.0550. The maximum Gasteiger partial charge on any atom is 0.254 e. The van der Waals surface area contributed by atoms with Gasteiger partial charge in [0.2, 0.25) is 0 Å². The molecular weight excluding hydrogens is 482 g/mol. The number of hydrogen-bond donors (Lipinski definition) is 0. The number of piperidine rings is 1. The van der Waals surface area contributed by atoms with E-state index in [0.717, 1.165) is 49.5 Å². The van der Waals surface area contributed by atoms with Crippen molar-refractivity contribution < 1.29 is 13.2 Å². The first-order chi connectivity index (χ1) is 16.8. The molecule has 35 heavy (non-hydrogen) atoms. The SMILES string of the molecule is CS(=O)(=O)c1ccc(C(=O)N(Cc2cccnc2)C2CCN(CCc3ccc(Cl)cc3)CC2)cc1. The Labute approximate surface area is 212 Å². The maximum absolute atomic E-state index is 13.6. The van der Waals surface area contributed by atoms with E-state index in [0.29, 0.717) is 12.1 Å². The molecule has 0 bridgehead atoms. The maximum atomic E-state index is 13.6. The van der Waals surface area contributed by atoms with Crippen molar-refractivity contribution in [3.63, 3.8) is 0 Å². The van der Waals surface area contributed by atoms with E-state index >= 15 is 0 Å². The highest BCUT2D eigenvalue weighted by atomic mass is 35.5. The molecule has 0 N–H and O–H groups in total. The Morgan fingerprint density at radius 2 is 1.71 bits per heavy atom. The van der Waals surface area contributed by atoms with E-state index in [1.54, 1.807) is 24.5 Å². The van der Waals surface area contributed by atoms with Crippen molar-refractivity contribution >= 4 is 27.3 Å². The van der Waals surface area contributed by atoms with Gasteiger partial charge in [-0.25, -0.2) is 8.42 Å². The fourth-order valence-corrected chi connectivity index (χ4v) is 5.21. The molecule has 1 aliphatic heterocycles. The number of likely N-dealkylation sites (tertiary alicyclic amines) is 1. The van der Waals surface area contributed by atoms with Crippen LogP contribution in [0.4, 0.5) is 0 Å². The Kier molecular flexibility index (Phi) is 8.21. The van der Waals surface area contributed by atoms with Crippen LogP contribution in [0.25, 0.3) is 0 Å². The monoisotopic (exact) mass is 511 g/mol. The van der Waals surface area contributed by atoms with E-state index in [-0.39, 0.29) is 16.8 Å². The van der Waals surface area contributed by atoms with Gasteiger partial charge in [-0.3, -0.25) is 9.78 Å². The molecule has 0 aliphatic carbocycles. The first kappa shape index (κ1) is 25.4. The average molecular weight is 512 g/mol. The number of pyridine rings is 1. The zero-order chi connectivity index (χ0) is 24.8. The highest BCUT2D eigenvalue weighted by Gasteiger charge is 2.29. The fraction of sp³-hybridized carbons (Fsp3) is 0.333. The van der Waals surface area contributed by atoms with Crippen LogP contribution in [0.1, 0.15) is 34.3 Å². The standard InChI is InChI=1S/C27H30ClN3O3S/c1-35(33,34)26-10-6-23(7-11-26)27(32)31(20-22-3-2-15-29-19-22)25-13-17-30(18-14-25)16-12-21-4-8-24(28)9-5-21/h2-11,15,19,25H,12-14,16-18,20H2,1H3. The molecular formula is C27H30ClN3O3S. The quantitative estimate of drug-likeness (QED) is 0.445. The Balaban J connectivity index is 1.44. The molecule has 0 radical (unpaired) electrons. The summed E-state index contributed by atoms with van der Waals surface area (Å²) in [5.41, 5.74) is 2.73. The predicted molar refractivity (Wildman–Crippen MR) is 138 cm³/mol. The molecule has 1 aliphatic rings. The van der Waals surface area contributed by atoms with Gasteiger partial charge in [0.1, 0.15) is 0 Å². The summed E-state index contributed by atoms with van der Waals surface area (Å²) in [6.45, 7) is 3.28. The number of carbonyl (C=O) groups excluding carboxylic acids is 1. The van der Waals surface area contributed by atoms with Crippen molar-refractivity contribution in [2.75, 3.05) is 25.9 Å². The number of aromatic nitrogens is 1. The van der Waals surface area contributed by atoms with Gasteiger partial charge in [-0.15, -0.1) is 0 Å². The second kappa shape index (κ2) is 11.3. The zero-order valence-electron chi connectivity index (χ0n) is 19.8. The number of hydrogen-bond acceptors (Lipinski definition) is 5. The molecule has 0 spiro atoms. The molecule has 2 heterocycles. The molecule has 1 aromatic heterocycles. The normalized spacial score (nSPS) is 15.1. The van der Waals surface area contributed by atoms with Gasteiger partial charge in [0.25, 0.3) is 5.91 Å². The minimum absolute atomic E-state index is 0.0893.